The number of para-hydroxylation sites is 1. The first kappa shape index (κ1) is 28.2. The molecule has 0 saturated heterocycles. The molecule has 52 heavy (non-hydrogen) atoms. The zero-order valence-electron chi connectivity index (χ0n) is 28.1. The highest BCUT2D eigenvalue weighted by atomic mass is 32.1. The molecule has 0 unspecified atom stereocenters. The molecule has 3 aromatic heterocycles. The van der Waals surface area contributed by atoms with Gasteiger partial charge in [-0.3, -0.25) is 0 Å². The van der Waals surface area contributed by atoms with Gasteiger partial charge in [0, 0.05) is 36.3 Å². The van der Waals surface area contributed by atoms with Crippen molar-refractivity contribution in [1.29, 1.82) is 0 Å². The van der Waals surface area contributed by atoms with Gasteiger partial charge in [-0.2, -0.15) is 0 Å². The van der Waals surface area contributed by atoms with Gasteiger partial charge in [0.15, 0.2) is 0 Å². The molecule has 3 heterocycles. The molecule has 0 bridgehead atoms. The van der Waals surface area contributed by atoms with Crippen LogP contribution in [0.25, 0.3) is 113 Å². The van der Waals surface area contributed by atoms with Crippen molar-refractivity contribution in [3.8, 4) is 22.3 Å². The molecule has 0 atom stereocenters. The van der Waals surface area contributed by atoms with Gasteiger partial charge in [-0.05, 0) is 108 Å². The molecule has 1 nitrogen and oxygen atoms in total. The summed E-state index contributed by atoms with van der Waals surface area (Å²) in [5.41, 5.74) is 8.69. The summed E-state index contributed by atoms with van der Waals surface area (Å²) in [7, 11) is 0. The molecule has 0 radical (unpaired) electrons. The second-order valence-corrected chi connectivity index (χ2v) is 15.2. The Hall–Kier alpha value is -6.48. The van der Waals surface area contributed by atoms with E-state index in [4.69, 9.17) is 0 Å². The van der Waals surface area contributed by atoms with Crippen LogP contribution >= 0.6 is 11.3 Å². The number of fused-ring (bicyclic) bond motifs is 9. The maximum Gasteiger partial charge on any atom is 0.0619 e. The van der Waals surface area contributed by atoms with Crippen LogP contribution in [0.4, 0.5) is 0 Å². The standard InChI is InChI=1S/C50H29NS/c1-2-9-31-26-32(19-18-30(31)8-1)33-20-21-35-28-36(23-22-34(35)27-33)37-24-25-44-43(29-37)42-14-5-13-41-39-11-4-3-10-38(39)40-12-6-16-46-48(40)49-45(51(44)50(41)42)15-7-17-47(49)52-46/h1-29H. The summed E-state index contributed by atoms with van der Waals surface area (Å²) in [6.45, 7) is 0. The summed E-state index contributed by atoms with van der Waals surface area (Å²) in [6, 6.07) is 65.6. The number of benzene rings is 9. The fourth-order valence-corrected chi connectivity index (χ4v) is 10.1. The average molecular weight is 676 g/mol. The number of thiophene rings is 1. The molecule has 9 aromatic carbocycles. The van der Waals surface area contributed by atoms with Gasteiger partial charge in [0.2, 0.25) is 0 Å². The maximum absolute atomic E-state index is 2.55. The van der Waals surface area contributed by atoms with E-state index in [0.717, 1.165) is 0 Å². The van der Waals surface area contributed by atoms with Crippen LogP contribution < -0.4 is 0 Å². The van der Waals surface area contributed by atoms with Gasteiger partial charge < -0.3 is 4.40 Å². The highest BCUT2D eigenvalue weighted by molar-refractivity contribution is 7.26. The van der Waals surface area contributed by atoms with Crippen LogP contribution in [0, 0.1) is 0 Å². The third kappa shape index (κ3) is 3.93. The SMILES string of the molecule is c1ccc2cc(-c3ccc4cc(-c5ccc6c(c5)c5cccc7c8ccccc8c8cccc9sc%10cccc(c%10c98)n6c75)ccc4c3)ccc2c1. The Kier molecular flexibility index (Phi) is 5.71. The predicted octanol–water partition coefficient (Wildman–Crippen LogP) is 14.6. The van der Waals surface area contributed by atoms with Crippen molar-refractivity contribution in [1.82, 2.24) is 4.40 Å². The van der Waals surface area contributed by atoms with E-state index in [2.05, 4.69) is 180 Å². The predicted molar refractivity (Wildman–Crippen MR) is 226 cm³/mol. The third-order valence-corrected chi connectivity index (χ3v) is 12.4. The quantitative estimate of drug-likeness (QED) is 0.172. The minimum absolute atomic E-state index is 1.23. The fraction of sp³-hybridized carbons (Fsp3) is 0. The Morgan fingerprint density at radius 1 is 0.308 bits per heavy atom. The van der Waals surface area contributed by atoms with Gasteiger partial charge in [-0.1, -0.05) is 127 Å². The summed E-state index contributed by atoms with van der Waals surface area (Å²) in [5, 5.41) is 15.4. The molecule has 2 heteroatoms. The topological polar surface area (TPSA) is 4.41 Å². The summed E-state index contributed by atoms with van der Waals surface area (Å²) >= 11 is 1.90. The summed E-state index contributed by atoms with van der Waals surface area (Å²) in [5.74, 6) is 0. The lowest BCUT2D eigenvalue weighted by Gasteiger charge is -2.09. The fourth-order valence-electron chi connectivity index (χ4n) is 8.90. The zero-order valence-corrected chi connectivity index (χ0v) is 28.9. The van der Waals surface area contributed by atoms with Crippen LogP contribution in [0.15, 0.2) is 176 Å². The number of aromatic nitrogens is 1. The Morgan fingerprint density at radius 3 is 1.56 bits per heavy atom. The van der Waals surface area contributed by atoms with E-state index in [1.54, 1.807) is 0 Å². The van der Waals surface area contributed by atoms with Crippen molar-refractivity contribution >= 4 is 102 Å². The third-order valence-electron chi connectivity index (χ3n) is 11.3. The molecule has 0 N–H and O–H groups in total. The maximum atomic E-state index is 2.55. The Bertz CT molecular complexity index is 3470. The Balaban J connectivity index is 1.11. The molecule has 0 fully saturated rings. The van der Waals surface area contributed by atoms with E-state index in [1.807, 2.05) is 11.3 Å². The first-order valence-electron chi connectivity index (χ1n) is 17.9. The minimum atomic E-state index is 1.23. The lowest BCUT2D eigenvalue weighted by atomic mass is 9.96. The number of hydrogen-bond acceptors (Lipinski definition) is 1. The summed E-state index contributed by atoms with van der Waals surface area (Å²) in [6.07, 6.45) is 0. The monoisotopic (exact) mass is 675 g/mol. The first-order valence-corrected chi connectivity index (χ1v) is 18.7. The lowest BCUT2D eigenvalue weighted by molar-refractivity contribution is 1.36. The highest BCUT2D eigenvalue weighted by Gasteiger charge is 2.18. The molecule has 12 aromatic rings. The van der Waals surface area contributed by atoms with Gasteiger partial charge in [0.1, 0.15) is 0 Å². The summed E-state index contributed by atoms with van der Waals surface area (Å²) < 4.78 is 5.20. The van der Waals surface area contributed by atoms with Crippen molar-refractivity contribution in [2.24, 2.45) is 0 Å². The second-order valence-electron chi connectivity index (χ2n) is 14.1. The number of rotatable bonds is 2. The largest absolute Gasteiger partial charge is 0.308 e. The Morgan fingerprint density at radius 2 is 0.808 bits per heavy atom. The average Bonchev–Trinajstić information content (AvgIpc) is 3.77. The normalized spacial score (nSPS) is 12.2. The van der Waals surface area contributed by atoms with Gasteiger partial charge in [-0.25, -0.2) is 0 Å². The van der Waals surface area contributed by atoms with Gasteiger partial charge >= 0.3 is 0 Å². The van der Waals surface area contributed by atoms with Crippen LogP contribution in [0.1, 0.15) is 0 Å². The van der Waals surface area contributed by atoms with Crippen LogP contribution in [0.5, 0.6) is 0 Å². The minimum Gasteiger partial charge on any atom is -0.308 e. The van der Waals surface area contributed by atoms with Crippen molar-refractivity contribution in [3.05, 3.63) is 176 Å². The molecule has 0 aliphatic carbocycles. The lowest BCUT2D eigenvalue weighted by Crippen LogP contribution is -1.86. The molecule has 0 amide bonds. The van der Waals surface area contributed by atoms with Crippen LogP contribution in [0.2, 0.25) is 0 Å². The molecule has 0 spiro atoms. The number of hydrogen-bond donors (Lipinski definition) is 0. The van der Waals surface area contributed by atoms with E-state index in [-0.39, 0.29) is 0 Å². The Labute approximate surface area is 303 Å². The van der Waals surface area contributed by atoms with E-state index in [1.165, 1.54) is 113 Å². The molecule has 0 aliphatic rings. The van der Waals surface area contributed by atoms with Crippen molar-refractivity contribution in [2.75, 3.05) is 0 Å². The second kappa shape index (κ2) is 10.5. The molecular weight excluding hydrogens is 647 g/mol. The first-order chi connectivity index (χ1) is 25.8. The summed E-state index contributed by atoms with van der Waals surface area (Å²) in [4.78, 5) is 0. The highest BCUT2D eigenvalue weighted by Crippen LogP contribution is 2.44. The van der Waals surface area contributed by atoms with Gasteiger partial charge in [-0.15, -0.1) is 11.3 Å². The van der Waals surface area contributed by atoms with Gasteiger partial charge in [0.25, 0.3) is 0 Å². The smallest absolute Gasteiger partial charge is 0.0619 e. The van der Waals surface area contributed by atoms with E-state index in [0.29, 0.717) is 0 Å². The number of nitrogens with zero attached hydrogens (tertiary/aromatic N) is 1. The molecule has 0 aliphatic heterocycles. The van der Waals surface area contributed by atoms with E-state index < -0.39 is 0 Å². The van der Waals surface area contributed by atoms with Crippen molar-refractivity contribution in [3.63, 3.8) is 0 Å². The van der Waals surface area contributed by atoms with Crippen LogP contribution in [-0.4, -0.2) is 4.40 Å². The zero-order chi connectivity index (χ0) is 33.9. The molecule has 12 rings (SSSR count). The van der Waals surface area contributed by atoms with Crippen molar-refractivity contribution in [2.45, 2.75) is 0 Å². The van der Waals surface area contributed by atoms with Crippen LogP contribution in [0.3, 0.4) is 0 Å². The molecular formula is C50H29NS. The van der Waals surface area contributed by atoms with Crippen LogP contribution in [-0.2, 0) is 0 Å². The molecule has 0 saturated carbocycles. The van der Waals surface area contributed by atoms with E-state index in [9.17, 15) is 0 Å². The van der Waals surface area contributed by atoms with E-state index >= 15 is 0 Å². The van der Waals surface area contributed by atoms with Gasteiger partial charge in [0.05, 0.1) is 16.6 Å². The van der Waals surface area contributed by atoms with Crippen molar-refractivity contribution < 1.29 is 0 Å². The molecule has 240 valence electrons.